The van der Waals surface area contributed by atoms with E-state index in [2.05, 4.69) is 66.4 Å². The highest BCUT2D eigenvalue weighted by atomic mass is 127. The molecule has 6 heteroatoms. The summed E-state index contributed by atoms with van der Waals surface area (Å²) in [7, 11) is 1.82. The summed E-state index contributed by atoms with van der Waals surface area (Å²) in [5.41, 5.74) is 2.68. The second-order valence-corrected chi connectivity index (χ2v) is 7.14. The van der Waals surface area contributed by atoms with Gasteiger partial charge in [-0.3, -0.25) is 9.89 Å². The number of nitrogens with one attached hydrogen (secondary N) is 2. The molecule has 1 heterocycles. The monoisotopic (exact) mass is 474 g/mol. The van der Waals surface area contributed by atoms with Crippen LogP contribution < -0.4 is 15.4 Å². The second-order valence-electron chi connectivity index (χ2n) is 7.14. The van der Waals surface area contributed by atoms with Crippen LogP contribution in [0.5, 0.6) is 5.75 Å². The lowest BCUT2D eigenvalue weighted by molar-refractivity contribution is 0.178. The fourth-order valence-electron chi connectivity index (χ4n) is 3.36. The standard InChI is InChI=1S/C20H34N4O.HI/c1-15(2)24(16(3)4)12-11-23-20(21-5)22-10-8-17-6-7-19-18(14-17)9-13-25-19;/h6-7,14-16H,8-13H2,1-5H3,(H2,21,22,23);1H. The zero-order chi connectivity index (χ0) is 18.2. The van der Waals surface area contributed by atoms with Gasteiger partial charge in [-0.05, 0) is 51.3 Å². The van der Waals surface area contributed by atoms with Crippen LogP contribution in [-0.2, 0) is 12.8 Å². The van der Waals surface area contributed by atoms with E-state index in [9.17, 15) is 0 Å². The second kappa shape index (κ2) is 11.6. The zero-order valence-corrected chi connectivity index (χ0v) is 19.2. The average molecular weight is 474 g/mol. The van der Waals surface area contributed by atoms with E-state index in [1.165, 1.54) is 11.1 Å². The molecule has 0 amide bonds. The van der Waals surface area contributed by atoms with Crippen LogP contribution in [0.4, 0.5) is 0 Å². The van der Waals surface area contributed by atoms with Gasteiger partial charge in [-0.1, -0.05) is 12.1 Å². The van der Waals surface area contributed by atoms with Gasteiger partial charge in [0.1, 0.15) is 5.75 Å². The predicted octanol–water partition coefficient (Wildman–Crippen LogP) is 3.07. The Morgan fingerprint density at radius 1 is 1.15 bits per heavy atom. The minimum absolute atomic E-state index is 0. The molecular weight excluding hydrogens is 439 g/mol. The smallest absolute Gasteiger partial charge is 0.191 e. The molecule has 0 spiro atoms. The van der Waals surface area contributed by atoms with Gasteiger partial charge in [-0.25, -0.2) is 0 Å². The molecule has 26 heavy (non-hydrogen) atoms. The van der Waals surface area contributed by atoms with E-state index >= 15 is 0 Å². The Kier molecular flexibility index (Phi) is 10.3. The van der Waals surface area contributed by atoms with Gasteiger partial charge in [-0.2, -0.15) is 0 Å². The minimum atomic E-state index is 0. The number of halogens is 1. The van der Waals surface area contributed by atoms with Crippen LogP contribution in [0, 0.1) is 0 Å². The van der Waals surface area contributed by atoms with E-state index in [4.69, 9.17) is 4.74 Å². The lowest BCUT2D eigenvalue weighted by Crippen LogP contribution is -2.45. The van der Waals surface area contributed by atoms with Crippen molar-refractivity contribution in [2.75, 3.05) is 33.3 Å². The quantitative estimate of drug-likeness (QED) is 0.346. The zero-order valence-electron chi connectivity index (χ0n) is 16.8. The first-order valence-corrected chi connectivity index (χ1v) is 9.46. The maximum absolute atomic E-state index is 5.56. The SMILES string of the molecule is CN=C(NCCc1ccc2c(c1)CCO2)NCCN(C(C)C)C(C)C.I. The van der Waals surface area contributed by atoms with E-state index in [1.54, 1.807) is 0 Å². The van der Waals surface area contributed by atoms with Crippen LogP contribution >= 0.6 is 24.0 Å². The van der Waals surface area contributed by atoms with Crippen LogP contribution in [0.2, 0.25) is 0 Å². The van der Waals surface area contributed by atoms with Crippen molar-refractivity contribution in [3.05, 3.63) is 29.3 Å². The first-order chi connectivity index (χ1) is 12.0. The normalized spacial score (nSPS) is 13.6. The molecule has 0 bridgehead atoms. The number of hydrogen-bond acceptors (Lipinski definition) is 3. The van der Waals surface area contributed by atoms with Crippen LogP contribution in [0.15, 0.2) is 23.2 Å². The fourth-order valence-corrected chi connectivity index (χ4v) is 3.36. The van der Waals surface area contributed by atoms with Crippen molar-refractivity contribution >= 4 is 29.9 Å². The van der Waals surface area contributed by atoms with E-state index in [0.29, 0.717) is 12.1 Å². The topological polar surface area (TPSA) is 48.9 Å². The van der Waals surface area contributed by atoms with Gasteiger partial charge in [0.15, 0.2) is 5.96 Å². The highest BCUT2D eigenvalue weighted by molar-refractivity contribution is 14.0. The van der Waals surface area contributed by atoms with Crippen molar-refractivity contribution in [3.8, 4) is 5.75 Å². The third-order valence-corrected chi connectivity index (χ3v) is 4.67. The Balaban J connectivity index is 0.00000338. The van der Waals surface area contributed by atoms with Crippen molar-refractivity contribution in [1.29, 1.82) is 0 Å². The number of fused-ring (bicyclic) bond motifs is 1. The summed E-state index contributed by atoms with van der Waals surface area (Å²) in [4.78, 5) is 6.80. The number of benzene rings is 1. The van der Waals surface area contributed by atoms with Gasteiger partial charge >= 0.3 is 0 Å². The molecule has 0 aliphatic carbocycles. The van der Waals surface area contributed by atoms with E-state index in [0.717, 1.165) is 50.8 Å². The Bertz CT molecular complexity index is 567. The summed E-state index contributed by atoms with van der Waals surface area (Å²) in [6.07, 6.45) is 2.01. The maximum Gasteiger partial charge on any atom is 0.191 e. The Labute approximate surface area is 176 Å². The van der Waals surface area contributed by atoms with Gasteiger partial charge in [-0.15, -0.1) is 24.0 Å². The molecule has 1 aliphatic heterocycles. The number of nitrogens with zero attached hydrogens (tertiary/aromatic N) is 2. The van der Waals surface area contributed by atoms with Crippen LogP contribution in [0.1, 0.15) is 38.8 Å². The van der Waals surface area contributed by atoms with Crippen molar-refractivity contribution < 1.29 is 4.74 Å². The van der Waals surface area contributed by atoms with Crippen molar-refractivity contribution in [3.63, 3.8) is 0 Å². The number of hydrogen-bond donors (Lipinski definition) is 2. The maximum atomic E-state index is 5.56. The molecule has 1 aromatic carbocycles. The summed E-state index contributed by atoms with van der Waals surface area (Å²) in [5, 5.41) is 6.82. The van der Waals surface area contributed by atoms with Gasteiger partial charge < -0.3 is 15.4 Å². The first-order valence-electron chi connectivity index (χ1n) is 9.46. The Morgan fingerprint density at radius 3 is 2.50 bits per heavy atom. The Hall–Kier alpha value is -1.02. The molecule has 0 saturated heterocycles. The molecule has 148 valence electrons. The molecule has 1 aromatic rings. The number of rotatable bonds is 8. The lowest BCUT2D eigenvalue weighted by atomic mass is 10.1. The van der Waals surface area contributed by atoms with E-state index < -0.39 is 0 Å². The van der Waals surface area contributed by atoms with E-state index in [-0.39, 0.29) is 24.0 Å². The highest BCUT2D eigenvalue weighted by Crippen LogP contribution is 2.25. The van der Waals surface area contributed by atoms with Crippen molar-refractivity contribution in [1.82, 2.24) is 15.5 Å². The summed E-state index contributed by atoms with van der Waals surface area (Å²) in [5.74, 6) is 1.92. The molecule has 0 unspecified atom stereocenters. The third-order valence-electron chi connectivity index (χ3n) is 4.67. The lowest BCUT2D eigenvalue weighted by Gasteiger charge is -2.30. The summed E-state index contributed by atoms with van der Waals surface area (Å²) < 4.78 is 5.56. The molecule has 0 saturated carbocycles. The van der Waals surface area contributed by atoms with Crippen LogP contribution in [0.3, 0.4) is 0 Å². The summed E-state index contributed by atoms with van der Waals surface area (Å²) in [6, 6.07) is 7.63. The molecule has 5 nitrogen and oxygen atoms in total. The molecular formula is C20H35IN4O. The molecule has 0 radical (unpaired) electrons. The van der Waals surface area contributed by atoms with Gasteiger partial charge in [0.05, 0.1) is 6.61 Å². The average Bonchev–Trinajstić information content (AvgIpc) is 3.04. The van der Waals surface area contributed by atoms with Gasteiger partial charge in [0.2, 0.25) is 0 Å². The van der Waals surface area contributed by atoms with Crippen LogP contribution in [0.25, 0.3) is 0 Å². The minimum Gasteiger partial charge on any atom is -0.493 e. The molecule has 0 fully saturated rings. The fraction of sp³-hybridized carbons (Fsp3) is 0.650. The molecule has 2 rings (SSSR count). The molecule has 0 aromatic heterocycles. The number of ether oxygens (including phenoxy) is 1. The molecule has 0 atom stereocenters. The number of aliphatic imine (C=N–C) groups is 1. The summed E-state index contributed by atoms with van der Waals surface area (Å²) >= 11 is 0. The van der Waals surface area contributed by atoms with Gasteiger partial charge in [0.25, 0.3) is 0 Å². The van der Waals surface area contributed by atoms with Crippen molar-refractivity contribution in [2.45, 2.75) is 52.6 Å². The summed E-state index contributed by atoms with van der Waals surface area (Å²) in [6.45, 7) is 12.6. The Morgan fingerprint density at radius 2 is 1.85 bits per heavy atom. The molecule has 2 N–H and O–H groups in total. The van der Waals surface area contributed by atoms with E-state index in [1.807, 2.05) is 7.05 Å². The predicted molar refractivity (Wildman–Crippen MR) is 121 cm³/mol. The first kappa shape index (κ1) is 23.0. The highest BCUT2D eigenvalue weighted by Gasteiger charge is 2.13. The third kappa shape index (κ3) is 6.95. The van der Waals surface area contributed by atoms with Gasteiger partial charge in [0, 0.05) is 45.2 Å². The molecule has 1 aliphatic rings. The largest absolute Gasteiger partial charge is 0.493 e. The number of guanidine groups is 1. The van der Waals surface area contributed by atoms with Crippen molar-refractivity contribution in [2.24, 2.45) is 4.99 Å². The van der Waals surface area contributed by atoms with Crippen LogP contribution in [-0.4, -0.2) is 56.2 Å².